The van der Waals surface area contributed by atoms with Crippen molar-refractivity contribution in [3.63, 3.8) is 0 Å². The van der Waals surface area contributed by atoms with Crippen LogP contribution in [0.5, 0.6) is 11.5 Å². The first-order valence-corrected chi connectivity index (χ1v) is 6.66. The molecule has 0 aliphatic heterocycles. The number of benzene rings is 1. The highest BCUT2D eigenvalue weighted by atomic mass is 35.5. The van der Waals surface area contributed by atoms with Gasteiger partial charge >= 0.3 is 0 Å². The molecule has 2 aromatic rings. The first kappa shape index (κ1) is 14.8. The zero-order valence-corrected chi connectivity index (χ0v) is 12.6. The molecule has 0 spiro atoms. The predicted octanol–water partition coefficient (Wildman–Crippen LogP) is 4.02. The van der Waals surface area contributed by atoms with Gasteiger partial charge in [0.25, 0.3) is 0 Å². The Kier molecular flexibility index (Phi) is 4.93. The molecule has 1 N–H and O–H groups in total. The zero-order chi connectivity index (χ0) is 14.5. The van der Waals surface area contributed by atoms with Crippen molar-refractivity contribution in [1.29, 1.82) is 0 Å². The summed E-state index contributed by atoms with van der Waals surface area (Å²) in [5.74, 6) is 1.23. The minimum atomic E-state index is 0.445. The van der Waals surface area contributed by atoms with Gasteiger partial charge in [-0.1, -0.05) is 29.3 Å². The molecule has 0 aliphatic rings. The van der Waals surface area contributed by atoms with Crippen molar-refractivity contribution in [2.24, 2.45) is 0 Å². The van der Waals surface area contributed by atoms with E-state index in [0.29, 0.717) is 28.1 Å². The fourth-order valence-corrected chi connectivity index (χ4v) is 2.16. The average Bonchev–Trinajstić information content (AvgIpc) is 2.48. The van der Waals surface area contributed by atoms with Gasteiger partial charge in [-0.3, -0.25) is 4.98 Å². The van der Waals surface area contributed by atoms with Crippen LogP contribution < -0.4 is 14.8 Å². The molecule has 0 saturated heterocycles. The standard InChI is InChI=1S/C14H14Cl2N2O2/c1-19-12-6-7-17-11(14(12)20-2)8-18-10-5-3-4-9(15)13(10)16/h3-7,18H,8H2,1-2H3. The van der Waals surface area contributed by atoms with E-state index in [9.17, 15) is 0 Å². The number of aromatic nitrogens is 1. The van der Waals surface area contributed by atoms with Crippen LogP contribution in [0.2, 0.25) is 10.0 Å². The average molecular weight is 313 g/mol. The summed E-state index contributed by atoms with van der Waals surface area (Å²) in [6.07, 6.45) is 1.66. The van der Waals surface area contributed by atoms with Crippen LogP contribution in [0.1, 0.15) is 5.69 Å². The van der Waals surface area contributed by atoms with Crippen LogP contribution in [-0.2, 0) is 6.54 Å². The number of nitrogens with zero attached hydrogens (tertiary/aromatic N) is 1. The number of ether oxygens (including phenoxy) is 2. The molecule has 4 nitrogen and oxygen atoms in total. The lowest BCUT2D eigenvalue weighted by molar-refractivity contribution is 0.350. The lowest BCUT2D eigenvalue weighted by Crippen LogP contribution is -2.05. The smallest absolute Gasteiger partial charge is 0.184 e. The van der Waals surface area contributed by atoms with Gasteiger partial charge in [-0.2, -0.15) is 0 Å². The minimum absolute atomic E-state index is 0.445. The van der Waals surface area contributed by atoms with Crippen LogP contribution in [0.3, 0.4) is 0 Å². The lowest BCUT2D eigenvalue weighted by atomic mass is 10.2. The minimum Gasteiger partial charge on any atom is -0.493 e. The molecule has 1 heterocycles. The summed E-state index contributed by atoms with van der Waals surface area (Å²) in [7, 11) is 3.16. The molecule has 0 fully saturated rings. The van der Waals surface area contributed by atoms with E-state index >= 15 is 0 Å². The maximum atomic E-state index is 6.12. The van der Waals surface area contributed by atoms with Crippen LogP contribution in [-0.4, -0.2) is 19.2 Å². The highest BCUT2D eigenvalue weighted by Gasteiger charge is 2.11. The third kappa shape index (κ3) is 3.08. The fourth-order valence-electron chi connectivity index (χ4n) is 1.80. The molecule has 0 radical (unpaired) electrons. The van der Waals surface area contributed by atoms with E-state index in [4.69, 9.17) is 32.7 Å². The van der Waals surface area contributed by atoms with Crippen molar-refractivity contribution in [2.45, 2.75) is 6.54 Å². The van der Waals surface area contributed by atoms with E-state index in [1.165, 1.54) is 0 Å². The van der Waals surface area contributed by atoms with Crippen molar-refractivity contribution in [3.8, 4) is 11.5 Å². The summed E-state index contributed by atoms with van der Waals surface area (Å²) in [6, 6.07) is 7.15. The molecule has 2 rings (SSSR count). The van der Waals surface area contributed by atoms with Crippen LogP contribution in [0.25, 0.3) is 0 Å². The van der Waals surface area contributed by atoms with Crippen LogP contribution >= 0.6 is 23.2 Å². The topological polar surface area (TPSA) is 43.4 Å². The number of anilines is 1. The number of rotatable bonds is 5. The van der Waals surface area contributed by atoms with E-state index in [0.717, 1.165) is 11.4 Å². The summed E-state index contributed by atoms with van der Waals surface area (Å²) < 4.78 is 10.6. The number of nitrogens with one attached hydrogen (secondary N) is 1. The van der Waals surface area contributed by atoms with Crippen molar-refractivity contribution in [1.82, 2.24) is 4.98 Å². The third-order valence-corrected chi connectivity index (χ3v) is 3.58. The molecule has 20 heavy (non-hydrogen) atoms. The van der Waals surface area contributed by atoms with Crippen molar-refractivity contribution in [3.05, 3.63) is 46.2 Å². The number of hydrogen-bond acceptors (Lipinski definition) is 4. The van der Waals surface area contributed by atoms with Gasteiger partial charge in [-0.25, -0.2) is 0 Å². The predicted molar refractivity (Wildman–Crippen MR) is 81.1 cm³/mol. The second-order valence-electron chi connectivity index (χ2n) is 3.95. The molecule has 0 amide bonds. The van der Waals surface area contributed by atoms with Gasteiger partial charge in [0.05, 0.1) is 36.5 Å². The molecular formula is C14H14Cl2N2O2. The van der Waals surface area contributed by atoms with E-state index in [1.807, 2.05) is 12.1 Å². The van der Waals surface area contributed by atoms with Crippen LogP contribution in [0, 0.1) is 0 Å². The number of hydrogen-bond donors (Lipinski definition) is 1. The molecule has 0 bridgehead atoms. The SMILES string of the molecule is COc1ccnc(CNc2cccc(Cl)c2Cl)c1OC. The monoisotopic (exact) mass is 312 g/mol. The van der Waals surface area contributed by atoms with Gasteiger partial charge in [0.1, 0.15) is 5.69 Å². The Balaban J connectivity index is 2.21. The highest BCUT2D eigenvalue weighted by molar-refractivity contribution is 6.43. The Hall–Kier alpha value is -1.65. The van der Waals surface area contributed by atoms with Crippen molar-refractivity contribution < 1.29 is 9.47 Å². The summed E-state index contributed by atoms with van der Waals surface area (Å²) in [4.78, 5) is 4.28. The molecule has 1 aromatic heterocycles. The fraction of sp³-hybridized carbons (Fsp3) is 0.214. The van der Waals surface area contributed by atoms with E-state index < -0.39 is 0 Å². The second-order valence-corrected chi connectivity index (χ2v) is 4.73. The molecular weight excluding hydrogens is 299 g/mol. The molecule has 106 valence electrons. The molecule has 6 heteroatoms. The molecule has 0 aliphatic carbocycles. The maximum absolute atomic E-state index is 6.12. The van der Waals surface area contributed by atoms with Gasteiger partial charge in [-0.05, 0) is 12.1 Å². The molecule has 1 aromatic carbocycles. The number of pyridine rings is 1. The Morgan fingerprint density at radius 1 is 1.15 bits per heavy atom. The van der Waals surface area contributed by atoms with Gasteiger partial charge in [0.2, 0.25) is 0 Å². The van der Waals surface area contributed by atoms with Crippen LogP contribution in [0.4, 0.5) is 5.69 Å². The van der Waals surface area contributed by atoms with Crippen molar-refractivity contribution >= 4 is 28.9 Å². The largest absolute Gasteiger partial charge is 0.493 e. The first-order valence-electron chi connectivity index (χ1n) is 5.91. The lowest BCUT2D eigenvalue weighted by Gasteiger charge is -2.13. The van der Waals surface area contributed by atoms with Gasteiger partial charge in [0, 0.05) is 12.3 Å². The summed E-state index contributed by atoms with van der Waals surface area (Å²) in [6.45, 7) is 0.445. The Morgan fingerprint density at radius 3 is 2.65 bits per heavy atom. The molecule has 0 saturated carbocycles. The maximum Gasteiger partial charge on any atom is 0.184 e. The number of methoxy groups -OCH3 is 2. The zero-order valence-electron chi connectivity index (χ0n) is 11.1. The van der Waals surface area contributed by atoms with E-state index in [-0.39, 0.29) is 0 Å². The normalized spacial score (nSPS) is 10.2. The Bertz CT molecular complexity index is 606. The Morgan fingerprint density at radius 2 is 1.95 bits per heavy atom. The molecule has 0 unspecified atom stereocenters. The summed E-state index contributed by atoms with van der Waals surface area (Å²) >= 11 is 12.1. The van der Waals surface area contributed by atoms with Crippen LogP contribution in [0.15, 0.2) is 30.5 Å². The second kappa shape index (κ2) is 6.68. The quantitative estimate of drug-likeness (QED) is 0.905. The third-order valence-electron chi connectivity index (χ3n) is 2.76. The van der Waals surface area contributed by atoms with Crippen molar-refractivity contribution in [2.75, 3.05) is 19.5 Å². The summed E-state index contributed by atoms with van der Waals surface area (Å²) in [5.41, 5.74) is 1.47. The highest BCUT2D eigenvalue weighted by Crippen LogP contribution is 2.32. The summed E-state index contributed by atoms with van der Waals surface area (Å²) in [5, 5.41) is 4.17. The molecule has 0 atom stereocenters. The number of halogens is 2. The van der Waals surface area contributed by atoms with Gasteiger partial charge in [-0.15, -0.1) is 0 Å². The van der Waals surface area contributed by atoms with E-state index in [2.05, 4.69) is 10.3 Å². The Labute approximate surface area is 127 Å². The van der Waals surface area contributed by atoms with Gasteiger partial charge < -0.3 is 14.8 Å². The van der Waals surface area contributed by atoms with Gasteiger partial charge in [0.15, 0.2) is 11.5 Å². The first-order chi connectivity index (χ1) is 9.67. The van der Waals surface area contributed by atoms with E-state index in [1.54, 1.807) is 32.5 Å².